The lowest BCUT2D eigenvalue weighted by molar-refractivity contribution is 0.0742. The van der Waals surface area contributed by atoms with Gasteiger partial charge in [-0.15, -0.1) is 0 Å². The molecule has 0 unspecified atom stereocenters. The van der Waals surface area contributed by atoms with Crippen LogP contribution < -0.4 is 0 Å². The quantitative estimate of drug-likeness (QED) is 0.567. The van der Waals surface area contributed by atoms with Gasteiger partial charge in [-0.3, -0.25) is 4.79 Å². The molecule has 0 saturated heterocycles. The van der Waals surface area contributed by atoms with Crippen LogP contribution in [-0.2, 0) is 15.6 Å². The molecule has 0 spiro atoms. The lowest BCUT2D eigenvalue weighted by atomic mass is 10.1. The molecule has 0 fully saturated rings. The van der Waals surface area contributed by atoms with Gasteiger partial charge in [-0.2, -0.15) is 0 Å². The lowest BCUT2D eigenvalue weighted by Crippen LogP contribution is -2.29. The second kappa shape index (κ2) is 8.75. The average molecular weight is 429 g/mol. The Balaban J connectivity index is 1.81. The molecule has 3 aromatic rings. The summed E-state index contributed by atoms with van der Waals surface area (Å²) in [7, 11) is -1.99. The minimum absolute atomic E-state index is 0.214. The summed E-state index contributed by atoms with van der Waals surface area (Å²) in [5, 5.41) is 0. The second-order valence-electron chi connectivity index (χ2n) is 7.04. The van der Waals surface area contributed by atoms with Crippen LogP contribution in [0, 0.1) is 11.6 Å². The summed E-state index contributed by atoms with van der Waals surface area (Å²) in [5.74, 6) is -2.52. The van der Waals surface area contributed by atoms with Crippen LogP contribution in [0.15, 0.2) is 77.7 Å². The predicted molar refractivity (Wildman–Crippen MR) is 111 cm³/mol. The van der Waals surface area contributed by atoms with Gasteiger partial charge in [0, 0.05) is 12.6 Å². The Hall–Kier alpha value is -3.06. The van der Waals surface area contributed by atoms with Crippen molar-refractivity contribution in [1.29, 1.82) is 0 Å². The average Bonchev–Trinajstić information content (AvgIpc) is 2.74. The molecule has 1 atom stereocenters. The number of halogens is 2. The maximum atomic E-state index is 13.5. The molecule has 0 aliphatic carbocycles. The van der Waals surface area contributed by atoms with Crippen molar-refractivity contribution in [2.75, 3.05) is 7.05 Å². The Bertz CT molecular complexity index is 1160. The van der Waals surface area contributed by atoms with Gasteiger partial charge in [0.15, 0.2) is 21.5 Å². The zero-order valence-electron chi connectivity index (χ0n) is 16.5. The standard InChI is InChI=1S/C23H21F2NO3S/c1-16(18-11-12-21(24)22(25)14-18)26(2)23(27)19-8-6-7-17(13-19)15-30(28,29)20-9-4-3-5-10-20/h3-14,16H,15H2,1-2H3/t16-/m0/s1. The van der Waals surface area contributed by atoms with E-state index in [9.17, 15) is 22.0 Å². The molecular formula is C23H21F2NO3S. The van der Waals surface area contributed by atoms with Gasteiger partial charge in [-0.25, -0.2) is 17.2 Å². The fourth-order valence-corrected chi connectivity index (χ4v) is 4.46. The van der Waals surface area contributed by atoms with E-state index in [-0.39, 0.29) is 16.6 Å². The summed E-state index contributed by atoms with van der Waals surface area (Å²) < 4.78 is 51.9. The monoisotopic (exact) mass is 429 g/mol. The van der Waals surface area contributed by atoms with Crippen LogP contribution in [0.1, 0.15) is 34.5 Å². The molecule has 3 aromatic carbocycles. The molecular weight excluding hydrogens is 408 g/mol. The SMILES string of the molecule is C[C@@H](c1ccc(F)c(F)c1)N(C)C(=O)c1cccc(CS(=O)(=O)c2ccccc2)c1. The Morgan fingerprint density at radius 2 is 1.63 bits per heavy atom. The van der Waals surface area contributed by atoms with E-state index in [1.807, 2.05) is 0 Å². The zero-order valence-corrected chi connectivity index (χ0v) is 17.4. The summed E-state index contributed by atoms with van der Waals surface area (Å²) in [5.41, 5.74) is 1.25. The summed E-state index contributed by atoms with van der Waals surface area (Å²) >= 11 is 0. The molecule has 156 valence electrons. The highest BCUT2D eigenvalue weighted by molar-refractivity contribution is 7.90. The van der Waals surface area contributed by atoms with Gasteiger partial charge in [-0.05, 0) is 54.4 Å². The van der Waals surface area contributed by atoms with E-state index in [0.29, 0.717) is 16.7 Å². The fourth-order valence-electron chi connectivity index (χ4n) is 3.10. The predicted octanol–water partition coefficient (Wildman–Crippen LogP) is 4.77. The van der Waals surface area contributed by atoms with Crippen molar-refractivity contribution in [2.45, 2.75) is 23.6 Å². The number of sulfone groups is 1. The Kier molecular flexibility index (Phi) is 6.31. The van der Waals surface area contributed by atoms with E-state index >= 15 is 0 Å². The molecule has 0 saturated carbocycles. The van der Waals surface area contributed by atoms with E-state index in [4.69, 9.17) is 0 Å². The van der Waals surface area contributed by atoms with Crippen LogP contribution in [0.25, 0.3) is 0 Å². The molecule has 0 aliphatic heterocycles. The van der Waals surface area contributed by atoms with E-state index < -0.39 is 27.5 Å². The molecule has 30 heavy (non-hydrogen) atoms. The smallest absolute Gasteiger partial charge is 0.254 e. The number of carbonyl (C=O) groups is 1. The third-order valence-corrected chi connectivity index (χ3v) is 6.66. The molecule has 0 heterocycles. The van der Waals surface area contributed by atoms with Crippen molar-refractivity contribution in [3.05, 3.63) is 101 Å². The van der Waals surface area contributed by atoms with Crippen molar-refractivity contribution in [1.82, 2.24) is 4.90 Å². The van der Waals surface area contributed by atoms with Gasteiger partial charge in [0.05, 0.1) is 16.7 Å². The van der Waals surface area contributed by atoms with Crippen LogP contribution in [0.4, 0.5) is 8.78 Å². The minimum Gasteiger partial charge on any atom is -0.335 e. The number of benzene rings is 3. The molecule has 0 bridgehead atoms. The first-order valence-corrected chi connectivity index (χ1v) is 10.9. The number of hydrogen-bond acceptors (Lipinski definition) is 3. The topological polar surface area (TPSA) is 54.5 Å². The van der Waals surface area contributed by atoms with E-state index in [2.05, 4.69) is 0 Å². The number of amides is 1. The molecule has 3 rings (SSSR count). The van der Waals surface area contributed by atoms with Crippen molar-refractivity contribution < 1.29 is 22.0 Å². The van der Waals surface area contributed by atoms with Crippen molar-refractivity contribution in [3.8, 4) is 0 Å². The van der Waals surface area contributed by atoms with Crippen molar-refractivity contribution in [2.24, 2.45) is 0 Å². The first kappa shape index (κ1) is 21.6. The highest BCUT2D eigenvalue weighted by Gasteiger charge is 2.21. The van der Waals surface area contributed by atoms with Gasteiger partial charge < -0.3 is 4.90 Å². The number of hydrogen-bond donors (Lipinski definition) is 0. The summed E-state index contributed by atoms with van der Waals surface area (Å²) in [6, 6.07) is 17.5. The fraction of sp³-hybridized carbons (Fsp3) is 0.174. The third-order valence-electron chi connectivity index (χ3n) is 4.96. The van der Waals surface area contributed by atoms with Gasteiger partial charge in [0.2, 0.25) is 0 Å². The van der Waals surface area contributed by atoms with Gasteiger partial charge in [-0.1, -0.05) is 36.4 Å². The Labute approximate surface area is 174 Å². The number of carbonyl (C=O) groups excluding carboxylic acids is 1. The highest BCUT2D eigenvalue weighted by Crippen LogP contribution is 2.23. The van der Waals surface area contributed by atoms with Crippen LogP contribution in [0.3, 0.4) is 0 Å². The first-order chi connectivity index (χ1) is 14.2. The third kappa shape index (κ3) is 4.74. The molecule has 7 heteroatoms. The van der Waals surface area contributed by atoms with Crippen LogP contribution in [-0.4, -0.2) is 26.3 Å². The normalized spacial score (nSPS) is 12.4. The van der Waals surface area contributed by atoms with Gasteiger partial charge in [0.1, 0.15) is 0 Å². The van der Waals surface area contributed by atoms with Gasteiger partial charge in [0.25, 0.3) is 5.91 Å². The molecule has 0 N–H and O–H groups in total. The summed E-state index contributed by atoms with van der Waals surface area (Å²) in [4.78, 5) is 14.5. The molecule has 4 nitrogen and oxygen atoms in total. The Morgan fingerprint density at radius 3 is 2.30 bits per heavy atom. The minimum atomic E-state index is -3.55. The molecule has 0 radical (unpaired) electrons. The van der Waals surface area contributed by atoms with E-state index in [1.165, 1.54) is 29.2 Å². The maximum Gasteiger partial charge on any atom is 0.254 e. The highest BCUT2D eigenvalue weighted by atomic mass is 32.2. The zero-order chi connectivity index (χ0) is 21.9. The van der Waals surface area contributed by atoms with Crippen LogP contribution in [0.2, 0.25) is 0 Å². The molecule has 0 aliphatic rings. The number of nitrogens with zero attached hydrogens (tertiary/aromatic N) is 1. The summed E-state index contributed by atoms with van der Waals surface area (Å²) in [6.07, 6.45) is 0. The van der Waals surface area contributed by atoms with Crippen molar-refractivity contribution >= 4 is 15.7 Å². The Morgan fingerprint density at radius 1 is 0.933 bits per heavy atom. The van der Waals surface area contributed by atoms with Crippen molar-refractivity contribution in [3.63, 3.8) is 0 Å². The number of rotatable bonds is 6. The second-order valence-corrected chi connectivity index (χ2v) is 9.03. The maximum absolute atomic E-state index is 13.5. The van der Waals surface area contributed by atoms with E-state index in [0.717, 1.165) is 12.1 Å². The van der Waals surface area contributed by atoms with Crippen LogP contribution >= 0.6 is 0 Å². The lowest BCUT2D eigenvalue weighted by Gasteiger charge is -2.25. The van der Waals surface area contributed by atoms with E-state index in [1.54, 1.807) is 50.4 Å². The molecule has 0 aromatic heterocycles. The largest absolute Gasteiger partial charge is 0.335 e. The molecule has 1 amide bonds. The summed E-state index contributed by atoms with van der Waals surface area (Å²) in [6.45, 7) is 1.70. The van der Waals surface area contributed by atoms with Crippen LogP contribution in [0.5, 0.6) is 0 Å². The first-order valence-electron chi connectivity index (χ1n) is 9.28. The van der Waals surface area contributed by atoms with Gasteiger partial charge >= 0.3 is 0 Å².